The number of aromatic nitrogens is 3. The van der Waals surface area contributed by atoms with E-state index in [2.05, 4.69) is 26.3 Å². The first-order chi connectivity index (χ1) is 16.8. The number of pyridine rings is 1. The van der Waals surface area contributed by atoms with Gasteiger partial charge >= 0.3 is 0 Å². The second kappa shape index (κ2) is 10.1. The fourth-order valence-corrected chi connectivity index (χ4v) is 3.87. The molecule has 0 saturated carbocycles. The number of nitrogens with zero attached hydrogens (tertiary/aromatic N) is 4. The number of benzene rings is 2. The molecular weight excluding hydrogens is 426 g/mol. The van der Waals surface area contributed by atoms with Gasteiger partial charge in [-0.2, -0.15) is 5.26 Å². The Morgan fingerprint density at radius 2 is 1.82 bits per heavy atom. The van der Waals surface area contributed by atoms with Gasteiger partial charge in [0.1, 0.15) is 17.9 Å². The monoisotopic (exact) mass is 449 g/mol. The zero-order chi connectivity index (χ0) is 23.2. The molecule has 1 aliphatic heterocycles. The molecule has 34 heavy (non-hydrogen) atoms. The molecule has 0 bridgehead atoms. The average molecular weight is 450 g/mol. The number of anilines is 2. The van der Waals surface area contributed by atoms with Gasteiger partial charge in [0.25, 0.3) is 0 Å². The quantitative estimate of drug-likeness (QED) is 0.422. The lowest BCUT2D eigenvalue weighted by Crippen LogP contribution is -2.26. The number of rotatable bonds is 6. The molecule has 168 valence electrons. The van der Waals surface area contributed by atoms with Crippen molar-refractivity contribution in [3.05, 3.63) is 84.8 Å². The molecule has 1 fully saturated rings. The van der Waals surface area contributed by atoms with Crippen LogP contribution >= 0.6 is 0 Å². The van der Waals surface area contributed by atoms with Gasteiger partial charge in [0.2, 0.25) is 5.95 Å². The number of nitrogens with one attached hydrogen (secondary N) is 1. The third-order valence-electron chi connectivity index (χ3n) is 5.63. The summed E-state index contributed by atoms with van der Waals surface area (Å²) in [6.45, 7) is 1.37. The van der Waals surface area contributed by atoms with Crippen molar-refractivity contribution >= 4 is 11.6 Å². The van der Waals surface area contributed by atoms with Crippen molar-refractivity contribution in [3.63, 3.8) is 0 Å². The third kappa shape index (κ3) is 5.03. The van der Waals surface area contributed by atoms with Crippen molar-refractivity contribution in [1.29, 1.82) is 5.26 Å². The maximum Gasteiger partial charge on any atom is 0.227 e. The number of nitriles is 1. The Morgan fingerprint density at radius 3 is 2.65 bits per heavy atom. The standard InChI is InChI=1S/C27H23N5O2/c28-17-22-15-20(6-7-26(22)34-24-9-13-33-14-10-24)25-8-12-30-27(32-25)31-23-5-1-3-19(16-23)21-4-2-11-29-18-21/h1-8,11-12,15-16,18,24H,9-10,13-14H2,(H,30,31,32). The minimum Gasteiger partial charge on any atom is -0.489 e. The zero-order valence-electron chi connectivity index (χ0n) is 18.5. The van der Waals surface area contributed by atoms with E-state index in [0.29, 0.717) is 30.5 Å². The second-order valence-electron chi connectivity index (χ2n) is 7.97. The van der Waals surface area contributed by atoms with Gasteiger partial charge in [-0.05, 0) is 48.0 Å². The van der Waals surface area contributed by atoms with Crippen LogP contribution in [0.2, 0.25) is 0 Å². The van der Waals surface area contributed by atoms with Crippen molar-refractivity contribution < 1.29 is 9.47 Å². The summed E-state index contributed by atoms with van der Waals surface area (Å²) in [6, 6.07) is 21.6. The first-order valence-electron chi connectivity index (χ1n) is 11.2. The zero-order valence-corrected chi connectivity index (χ0v) is 18.5. The molecule has 4 aromatic rings. The van der Waals surface area contributed by atoms with Crippen LogP contribution in [0.1, 0.15) is 18.4 Å². The molecule has 0 spiro atoms. The SMILES string of the molecule is N#Cc1cc(-c2ccnc(Nc3cccc(-c4cccnc4)c3)n2)ccc1OC1CCOCC1. The average Bonchev–Trinajstić information content (AvgIpc) is 2.90. The Balaban J connectivity index is 1.35. The summed E-state index contributed by atoms with van der Waals surface area (Å²) in [5, 5.41) is 13.0. The number of ether oxygens (including phenoxy) is 2. The van der Waals surface area contributed by atoms with Gasteiger partial charge in [-0.15, -0.1) is 0 Å². The normalized spacial score (nSPS) is 13.7. The van der Waals surface area contributed by atoms with Crippen LogP contribution in [0.3, 0.4) is 0 Å². The van der Waals surface area contributed by atoms with Crippen molar-refractivity contribution in [3.8, 4) is 34.2 Å². The summed E-state index contributed by atoms with van der Waals surface area (Å²) in [5.41, 5.74) is 4.99. The highest BCUT2D eigenvalue weighted by molar-refractivity contribution is 5.70. The van der Waals surface area contributed by atoms with Gasteiger partial charge in [0.15, 0.2) is 0 Å². The van der Waals surface area contributed by atoms with Gasteiger partial charge in [-0.25, -0.2) is 9.97 Å². The highest BCUT2D eigenvalue weighted by Gasteiger charge is 2.17. The van der Waals surface area contributed by atoms with Crippen LogP contribution in [0.25, 0.3) is 22.4 Å². The Labute approximate surface area is 198 Å². The predicted molar refractivity (Wildman–Crippen MR) is 130 cm³/mol. The lowest BCUT2D eigenvalue weighted by Gasteiger charge is -2.23. The van der Waals surface area contributed by atoms with Crippen LogP contribution in [-0.2, 0) is 4.74 Å². The van der Waals surface area contributed by atoms with E-state index in [1.165, 1.54) is 0 Å². The van der Waals surface area contributed by atoms with Crippen LogP contribution in [0.15, 0.2) is 79.3 Å². The summed E-state index contributed by atoms with van der Waals surface area (Å²) < 4.78 is 11.5. The highest BCUT2D eigenvalue weighted by Crippen LogP contribution is 2.28. The van der Waals surface area contributed by atoms with Crippen LogP contribution in [0, 0.1) is 11.3 Å². The molecule has 2 aromatic carbocycles. The minimum absolute atomic E-state index is 0.0731. The van der Waals surface area contributed by atoms with E-state index >= 15 is 0 Å². The van der Waals surface area contributed by atoms with Crippen LogP contribution in [-0.4, -0.2) is 34.3 Å². The van der Waals surface area contributed by atoms with Crippen molar-refractivity contribution in [2.24, 2.45) is 0 Å². The Morgan fingerprint density at radius 1 is 0.941 bits per heavy atom. The summed E-state index contributed by atoms with van der Waals surface area (Å²) in [6.07, 6.45) is 7.02. The minimum atomic E-state index is 0.0731. The van der Waals surface area contributed by atoms with E-state index in [0.717, 1.165) is 40.9 Å². The highest BCUT2D eigenvalue weighted by atomic mass is 16.5. The summed E-state index contributed by atoms with van der Waals surface area (Å²) in [5.74, 6) is 1.07. The fourth-order valence-electron chi connectivity index (χ4n) is 3.87. The lowest BCUT2D eigenvalue weighted by atomic mass is 10.1. The largest absolute Gasteiger partial charge is 0.489 e. The smallest absolute Gasteiger partial charge is 0.227 e. The predicted octanol–water partition coefficient (Wildman–Crippen LogP) is 5.38. The Bertz CT molecular complexity index is 1310. The Hall–Kier alpha value is -4.28. The molecule has 0 aliphatic carbocycles. The molecule has 1 aliphatic rings. The van der Waals surface area contributed by atoms with Gasteiger partial charge < -0.3 is 14.8 Å². The molecule has 7 nitrogen and oxygen atoms in total. The van der Waals surface area contributed by atoms with Crippen molar-refractivity contribution in [2.75, 3.05) is 18.5 Å². The second-order valence-corrected chi connectivity index (χ2v) is 7.97. The summed E-state index contributed by atoms with van der Waals surface area (Å²) >= 11 is 0. The van der Waals surface area contributed by atoms with Crippen LogP contribution in [0.4, 0.5) is 11.6 Å². The molecular formula is C27H23N5O2. The van der Waals surface area contributed by atoms with Crippen molar-refractivity contribution in [2.45, 2.75) is 18.9 Å². The maximum absolute atomic E-state index is 9.68. The number of hydrogen-bond acceptors (Lipinski definition) is 7. The molecule has 3 heterocycles. The molecule has 7 heteroatoms. The topological polar surface area (TPSA) is 93.0 Å². The van der Waals surface area contributed by atoms with E-state index in [-0.39, 0.29) is 6.10 Å². The molecule has 0 unspecified atom stereocenters. The molecule has 2 aromatic heterocycles. The summed E-state index contributed by atoms with van der Waals surface area (Å²) in [7, 11) is 0. The third-order valence-corrected chi connectivity index (χ3v) is 5.63. The lowest BCUT2D eigenvalue weighted by molar-refractivity contribution is 0.0254. The van der Waals surface area contributed by atoms with Gasteiger partial charge in [-0.1, -0.05) is 18.2 Å². The Kier molecular flexibility index (Phi) is 6.41. The number of hydrogen-bond donors (Lipinski definition) is 1. The van der Waals surface area contributed by atoms with Gasteiger partial charge in [-0.3, -0.25) is 4.98 Å². The first-order valence-corrected chi connectivity index (χ1v) is 11.2. The van der Waals surface area contributed by atoms with E-state index in [9.17, 15) is 5.26 Å². The first kappa shape index (κ1) is 21.6. The van der Waals surface area contributed by atoms with Crippen LogP contribution in [0.5, 0.6) is 5.75 Å². The summed E-state index contributed by atoms with van der Waals surface area (Å²) in [4.78, 5) is 13.2. The van der Waals surface area contributed by atoms with Crippen molar-refractivity contribution in [1.82, 2.24) is 15.0 Å². The van der Waals surface area contributed by atoms with Crippen LogP contribution < -0.4 is 10.1 Å². The molecule has 0 amide bonds. The molecule has 1 N–H and O–H groups in total. The van der Waals surface area contributed by atoms with E-state index in [1.807, 2.05) is 66.9 Å². The fraction of sp³-hybridized carbons (Fsp3) is 0.185. The molecule has 0 atom stereocenters. The molecule has 0 radical (unpaired) electrons. The molecule has 1 saturated heterocycles. The van der Waals surface area contributed by atoms with E-state index < -0.39 is 0 Å². The van der Waals surface area contributed by atoms with E-state index in [4.69, 9.17) is 9.47 Å². The van der Waals surface area contributed by atoms with Gasteiger partial charge in [0.05, 0.1) is 24.5 Å². The van der Waals surface area contributed by atoms with E-state index in [1.54, 1.807) is 12.4 Å². The van der Waals surface area contributed by atoms with Gasteiger partial charge in [0, 0.05) is 48.2 Å². The maximum atomic E-state index is 9.68. The molecule has 5 rings (SSSR count).